The molecule has 1 unspecified atom stereocenters. The van der Waals surface area contributed by atoms with E-state index in [1.165, 1.54) is 18.0 Å². The lowest BCUT2D eigenvalue weighted by Crippen LogP contribution is -2.23. The van der Waals surface area contributed by atoms with Gasteiger partial charge in [-0.1, -0.05) is 35.1 Å². The molecule has 0 radical (unpaired) electrons. The minimum Gasteiger partial charge on any atom is -0.310 e. The molecule has 4 nitrogen and oxygen atoms in total. The summed E-state index contributed by atoms with van der Waals surface area (Å²) >= 11 is 8.91. The molecular formula is C11H12ClN3OS2. The smallest absolute Gasteiger partial charge is 0.238 e. The highest BCUT2D eigenvalue weighted by Crippen LogP contribution is 2.26. The van der Waals surface area contributed by atoms with Gasteiger partial charge in [-0.25, -0.2) is 4.98 Å². The minimum absolute atomic E-state index is 0.0787. The van der Waals surface area contributed by atoms with Gasteiger partial charge in [0.2, 0.25) is 5.91 Å². The fourth-order valence-corrected chi connectivity index (χ4v) is 3.51. The van der Waals surface area contributed by atoms with Crippen LogP contribution in [0.3, 0.4) is 0 Å². The zero-order chi connectivity index (χ0) is 13.0. The molecule has 18 heavy (non-hydrogen) atoms. The first kappa shape index (κ1) is 13.7. The second kappa shape index (κ2) is 6.45. The van der Waals surface area contributed by atoms with Crippen LogP contribution in [0.5, 0.6) is 0 Å². The molecule has 1 N–H and O–H groups in total. The summed E-state index contributed by atoms with van der Waals surface area (Å²) in [6, 6.07) is 3.37. The Morgan fingerprint density at radius 1 is 1.61 bits per heavy atom. The van der Waals surface area contributed by atoms with Crippen molar-refractivity contribution in [3.05, 3.63) is 23.4 Å². The summed E-state index contributed by atoms with van der Waals surface area (Å²) in [5.41, 5.74) is 0. The lowest BCUT2D eigenvalue weighted by molar-refractivity contribution is -0.115. The number of aliphatic imine (C=N–C) groups is 1. The monoisotopic (exact) mass is 301 g/mol. The number of halogens is 1. The summed E-state index contributed by atoms with van der Waals surface area (Å²) in [6.07, 6.45) is 1.51. The molecule has 1 aliphatic rings. The summed E-state index contributed by atoms with van der Waals surface area (Å²) in [4.78, 5) is 20.2. The van der Waals surface area contributed by atoms with Crippen molar-refractivity contribution in [1.82, 2.24) is 4.98 Å². The molecule has 0 aromatic carbocycles. The van der Waals surface area contributed by atoms with Crippen LogP contribution < -0.4 is 5.32 Å². The standard InChI is InChI=1S/C11H12ClN3OS2/c1-7(18-11-13-4-5-17-11)10(16)15-9-3-2-8(12)6-14-9/h2-3,6-7H,4-5H2,1H3,(H,14,15,16). The van der Waals surface area contributed by atoms with Crippen LogP contribution in [0.2, 0.25) is 5.02 Å². The van der Waals surface area contributed by atoms with Gasteiger partial charge < -0.3 is 5.32 Å². The number of nitrogens with one attached hydrogen (secondary N) is 1. The number of carbonyl (C=O) groups is 1. The van der Waals surface area contributed by atoms with Crippen LogP contribution in [0.1, 0.15) is 6.92 Å². The molecule has 0 fully saturated rings. The Morgan fingerprint density at radius 2 is 2.44 bits per heavy atom. The zero-order valence-corrected chi connectivity index (χ0v) is 12.1. The van der Waals surface area contributed by atoms with E-state index in [1.807, 2.05) is 6.92 Å². The van der Waals surface area contributed by atoms with E-state index in [-0.39, 0.29) is 11.2 Å². The molecule has 1 aliphatic heterocycles. The first-order valence-electron chi connectivity index (χ1n) is 5.41. The number of carbonyl (C=O) groups excluding carboxylic acids is 1. The highest BCUT2D eigenvalue weighted by atomic mass is 35.5. The first-order valence-corrected chi connectivity index (χ1v) is 7.66. The molecule has 1 aromatic heterocycles. The van der Waals surface area contributed by atoms with Crippen molar-refractivity contribution in [2.24, 2.45) is 4.99 Å². The van der Waals surface area contributed by atoms with Crippen LogP contribution in [0.25, 0.3) is 0 Å². The second-order valence-corrected chi connectivity index (χ2v) is 6.72. The summed E-state index contributed by atoms with van der Waals surface area (Å²) in [6.45, 7) is 2.71. The Bertz CT molecular complexity index is 464. The third kappa shape index (κ3) is 3.90. The number of rotatable bonds is 3. The van der Waals surface area contributed by atoms with E-state index in [1.54, 1.807) is 23.9 Å². The molecule has 0 bridgehead atoms. The molecule has 2 heterocycles. The summed E-state index contributed by atoms with van der Waals surface area (Å²) in [5, 5.41) is 3.11. The van der Waals surface area contributed by atoms with E-state index >= 15 is 0 Å². The van der Waals surface area contributed by atoms with Gasteiger partial charge in [0.15, 0.2) is 0 Å². The Kier molecular flexibility index (Phi) is 4.91. The summed E-state index contributed by atoms with van der Waals surface area (Å²) < 4.78 is 0.988. The predicted molar refractivity (Wildman–Crippen MR) is 79.7 cm³/mol. The fourth-order valence-electron chi connectivity index (χ4n) is 1.27. The molecule has 0 spiro atoms. The minimum atomic E-state index is -0.188. The van der Waals surface area contributed by atoms with Crippen molar-refractivity contribution >= 4 is 51.2 Å². The third-order valence-electron chi connectivity index (χ3n) is 2.18. The van der Waals surface area contributed by atoms with Crippen molar-refractivity contribution in [1.29, 1.82) is 0 Å². The number of aromatic nitrogens is 1. The number of nitrogens with zero attached hydrogens (tertiary/aromatic N) is 2. The number of thioether (sulfide) groups is 2. The Morgan fingerprint density at radius 3 is 3.06 bits per heavy atom. The maximum absolute atomic E-state index is 11.9. The average Bonchev–Trinajstić information content (AvgIpc) is 2.85. The number of hydrogen-bond acceptors (Lipinski definition) is 5. The van der Waals surface area contributed by atoms with Gasteiger partial charge in [0.05, 0.1) is 16.8 Å². The van der Waals surface area contributed by atoms with Crippen molar-refractivity contribution < 1.29 is 4.79 Å². The Labute approximate surface area is 119 Å². The van der Waals surface area contributed by atoms with E-state index in [2.05, 4.69) is 15.3 Å². The molecular weight excluding hydrogens is 290 g/mol. The van der Waals surface area contributed by atoms with Crippen LogP contribution in [0.15, 0.2) is 23.3 Å². The fraction of sp³-hybridized carbons (Fsp3) is 0.364. The highest BCUT2D eigenvalue weighted by Gasteiger charge is 2.19. The van der Waals surface area contributed by atoms with Gasteiger partial charge in [0.25, 0.3) is 0 Å². The normalized spacial score (nSPS) is 16.2. The van der Waals surface area contributed by atoms with Gasteiger partial charge in [0, 0.05) is 11.9 Å². The van der Waals surface area contributed by atoms with Gasteiger partial charge in [-0.2, -0.15) is 0 Å². The number of pyridine rings is 1. The molecule has 0 saturated carbocycles. The van der Waals surface area contributed by atoms with Crippen molar-refractivity contribution in [2.75, 3.05) is 17.6 Å². The first-order chi connectivity index (χ1) is 8.65. The Balaban J connectivity index is 1.88. The van der Waals surface area contributed by atoms with E-state index in [4.69, 9.17) is 11.6 Å². The van der Waals surface area contributed by atoms with Crippen LogP contribution in [-0.4, -0.2) is 32.8 Å². The number of anilines is 1. The van der Waals surface area contributed by atoms with Gasteiger partial charge in [-0.3, -0.25) is 9.79 Å². The van der Waals surface area contributed by atoms with Gasteiger partial charge in [0.1, 0.15) is 10.2 Å². The van der Waals surface area contributed by atoms with Gasteiger partial charge in [-0.05, 0) is 19.1 Å². The summed E-state index contributed by atoms with van der Waals surface area (Å²) in [5.74, 6) is 1.44. The number of amides is 1. The zero-order valence-electron chi connectivity index (χ0n) is 9.72. The van der Waals surface area contributed by atoms with Crippen molar-refractivity contribution in [3.63, 3.8) is 0 Å². The van der Waals surface area contributed by atoms with E-state index < -0.39 is 0 Å². The average molecular weight is 302 g/mol. The maximum atomic E-state index is 11.9. The maximum Gasteiger partial charge on any atom is 0.238 e. The predicted octanol–water partition coefficient (Wildman–Crippen LogP) is 2.90. The van der Waals surface area contributed by atoms with Crippen LogP contribution in [0.4, 0.5) is 5.82 Å². The van der Waals surface area contributed by atoms with Crippen LogP contribution in [0, 0.1) is 0 Å². The van der Waals surface area contributed by atoms with Gasteiger partial charge in [-0.15, -0.1) is 0 Å². The SMILES string of the molecule is CC(SC1=NCCS1)C(=O)Nc1ccc(Cl)cn1. The quantitative estimate of drug-likeness (QED) is 0.932. The molecule has 1 aromatic rings. The second-order valence-electron chi connectivity index (χ2n) is 3.61. The molecule has 0 aliphatic carbocycles. The topological polar surface area (TPSA) is 54.4 Å². The van der Waals surface area contributed by atoms with E-state index in [0.29, 0.717) is 10.8 Å². The third-order valence-corrected chi connectivity index (χ3v) is 4.71. The van der Waals surface area contributed by atoms with E-state index in [9.17, 15) is 4.79 Å². The van der Waals surface area contributed by atoms with Crippen LogP contribution in [-0.2, 0) is 4.79 Å². The number of hydrogen-bond donors (Lipinski definition) is 1. The molecule has 2 rings (SSSR count). The Hall–Kier alpha value is -0.720. The van der Waals surface area contributed by atoms with Crippen molar-refractivity contribution in [2.45, 2.75) is 12.2 Å². The molecule has 96 valence electrons. The molecule has 1 amide bonds. The van der Waals surface area contributed by atoms with Crippen molar-refractivity contribution in [3.8, 4) is 0 Å². The van der Waals surface area contributed by atoms with E-state index in [0.717, 1.165) is 16.7 Å². The van der Waals surface area contributed by atoms with Crippen LogP contribution >= 0.6 is 35.1 Å². The summed E-state index contributed by atoms with van der Waals surface area (Å²) in [7, 11) is 0. The highest BCUT2D eigenvalue weighted by molar-refractivity contribution is 8.39. The molecule has 0 saturated heterocycles. The lowest BCUT2D eigenvalue weighted by Gasteiger charge is -2.10. The molecule has 7 heteroatoms. The molecule has 1 atom stereocenters. The van der Waals surface area contributed by atoms with Gasteiger partial charge >= 0.3 is 0 Å². The largest absolute Gasteiger partial charge is 0.310 e. The lowest BCUT2D eigenvalue weighted by atomic mass is 10.4.